The molecule has 114 valence electrons. The summed E-state index contributed by atoms with van der Waals surface area (Å²) in [6.07, 6.45) is 5.35. The molecule has 3 heterocycles. The molecule has 0 radical (unpaired) electrons. The third kappa shape index (κ3) is 2.43. The Balaban J connectivity index is 1.56. The van der Waals surface area contributed by atoms with E-state index in [9.17, 15) is 4.79 Å². The van der Waals surface area contributed by atoms with Gasteiger partial charge in [0.05, 0.1) is 16.5 Å². The predicted octanol–water partition coefficient (Wildman–Crippen LogP) is 3.68. The number of benzene rings is 1. The van der Waals surface area contributed by atoms with Gasteiger partial charge in [0, 0.05) is 30.8 Å². The number of carbonyl (C=O) groups excluding carboxylic acids is 1. The van der Waals surface area contributed by atoms with Crippen molar-refractivity contribution in [2.24, 2.45) is 7.05 Å². The molecule has 1 amide bonds. The fraction of sp³-hybridized carbons (Fsp3) is 0.0588. The lowest BCUT2D eigenvalue weighted by atomic mass is 10.2. The average molecular weight is 322 g/mol. The Labute approximate surface area is 136 Å². The SMILES string of the molecule is Cn1c(C(=O)Nc2ccc(-n3ccnc3)cc2)cc2sccc21. The second-order valence-corrected chi connectivity index (χ2v) is 6.18. The summed E-state index contributed by atoms with van der Waals surface area (Å²) in [6.45, 7) is 0. The van der Waals surface area contributed by atoms with Crippen molar-refractivity contribution in [2.45, 2.75) is 0 Å². The van der Waals surface area contributed by atoms with Gasteiger partial charge < -0.3 is 14.5 Å². The average Bonchev–Trinajstić information content (AvgIpc) is 3.27. The number of hydrogen-bond acceptors (Lipinski definition) is 3. The number of nitrogens with one attached hydrogen (secondary N) is 1. The van der Waals surface area contributed by atoms with E-state index in [1.807, 2.05) is 64.2 Å². The summed E-state index contributed by atoms with van der Waals surface area (Å²) in [5.41, 5.74) is 3.50. The van der Waals surface area contributed by atoms with Gasteiger partial charge in [0.15, 0.2) is 0 Å². The summed E-state index contributed by atoms with van der Waals surface area (Å²) < 4.78 is 4.95. The largest absolute Gasteiger partial charge is 0.339 e. The minimum Gasteiger partial charge on any atom is -0.339 e. The van der Waals surface area contributed by atoms with Crippen LogP contribution in [0.1, 0.15) is 10.5 Å². The molecule has 3 aromatic heterocycles. The van der Waals surface area contributed by atoms with Crippen LogP contribution in [0.4, 0.5) is 5.69 Å². The van der Waals surface area contributed by atoms with Crippen LogP contribution in [0.15, 0.2) is 60.5 Å². The maximum atomic E-state index is 12.5. The van der Waals surface area contributed by atoms with Crippen LogP contribution in [0.2, 0.25) is 0 Å². The molecule has 1 N–H and O–H groups in total. The molecular formula is C17H14N4OS. The van der Waals surface area contributed by atoms with E-state index in [1.54, 1.807) is 23.9 Å². The summed E-state index contributed by atoms with van der Waals surface area (Å²) in [5.74, 6) is -0.105. The van der Waals surface area contributed by atoms with Crippen molar-refractivity contribution < 1.29 is 4.79 Å². The molecule has 4 rings (SSSR count). The number of anilines is 1. The number of thiophene rings is 1. The number of imidazole rings is 1. The molecule has 0 saturated heterocycles. The highest BCUT2D eigenvalue weighted by atomic mass is 32.1. The van der Waals surface area contributed by atoms with Crippen molar-refractivity contribution in [3.8, 4) is 5.69 Å². The van der Waals surface area contributed by atoms with Crippen LogP contribution in [0, 0.1) is 0 Å². The van der Waals surface area contributed by atoms with E-state index in [-0.39, 0.29) is 5.91 Å². The van der Waals surface area contributed by atoms with Crippen molar-refractivity contribution in [1.29, 1.82) is 0 Å². The number of aryl methyl sites for hydroxylation is 1. The van der Waals surface area contributed by atoms with Crippen LogP contribution < -0.4 is 5.32 Å². The summed E-state index contributed by atoms with van der Waals surface area (Å²) in [6, 6.07) is 11.6. The van der Waals surface area contributed by atoms with Crippen LogP contribution in [0.5, 0.6) is 0 Å². The molecule has 0 unspecified atom stereocenters. The quantitative estimate of drug-likeness (QED) is 0.625. The molecule has 4 aromatic rings. The fourth-order valence-corrected chi connectivity index (χ4v) is 3.44. The maximum Gasteiger partial charge on any atom is 0.272 e. The normalized spacial score (nSPS) is 11.0. The van der Waals surface area contributed by atoms with Gasteiger partial charge in [-0.15, -0.1) is 11.3 Å². The molecule has 0 saturated carbocycles. The zero-order valence-electron chi connectivity index (χ0n) is 12.4. The molecule has 6 heteroatoms. The Morgan fingerprint density at radius 3 is 2.74 bits per heavy atom. The maximum absolute atomic E-state index is 12.5. The number of nitrogens with zero attached hydrogens (tertiary/aromatic N) is 3. The van der Waals surface area contributed by atoms with Crippen molar-refractivity contribution in [3.63, 3.8) is 0 Å². The Morgan fingerprint density at radius 2 is 2.04 bits per heavy atom. The lowest BCUT2D eigenvalue weighted by Crippen LogP contribution is -2.15. The first-order chi connectivity index (χ1) is 11.2. The Kier molecular flexibility index (Phi) is 3.24. The van der Waals surface area contributed by atoms with Crippen LogP contribution in [0.3, 0.4) is 0 Å². The molecule has 0 bridgehead atoms. The molecule has 0 aliphatic carbocycles. The lowest BCUT2D eigenvalue weighted by Gasteiger charge is -2.08. The highest BCUT2D eigenvalue weighted by Crippen LogP contribution is 2.24. The Morgan fingerprint density at radius 1 is 1.22 bits per heavy atom. The molecule has 0 aliphatic rings. The van der Waals surface area contributed by atoms with E-state index in [2.05, 4.69) is 10.3 Å². The first-order valence-corrected chi connectivity index (χ1v) is 8.03. The van der Waals surface area contributed by atoms with Gasteiger partial charge in [0.2, 0.25) is 0 Å². The second kappa shape index (κ2) is 5.40. The molecule has 0 aliphatic heterocycles. The van der Waals surface area contributed by atoms with E-state index in [1.165, 1.54) is 0 Å². The van der Waals surface area contributed by atoms with Crippen LogP contribution in [0.25, 0.3) is 15.9 Å². The van der Waals surface area contributed by atoms with Crippen molar-refractivity contribution in [2.75, 3.05) is 5.32 Å². The molecule has 0 fully saturated rings. The van der Waals surface area contributed by atoms with Crippen LogP contribution in [-0.2, 0) is 7.05 Å². The molecule has 23 heavy (non-hydrogen) atoms. The minimum atomic E-state index is -0.105. The Hall–Kier alpha value is -2.86. The summed E-state index contributed by atoms with van der Waals surface area (Å²) >= 11 is 1.64. The Bertz CT molecular complexity index is 964. The zero-order chi connectivity index (χ0) is 15.8. The number of carbonyl (C=O) groups is 1. The number of rotatable bonds is 3. The monoisotopic (exact) mass is 322 g/mol. The smallest absolute Gasteiger partial charge is 0.272 e. The summed E-state index contributed by atoms with van der Waals surface area (Å²) in [7, 11) is 1.91. The van der Waals surface area contributed by atoms with E-state index < -0.39 is 0 Å². The van der Waals surface area contributed by atoms with Crippen LogP contribution >= 0.6 is 11.3 Å². The molecule has 5 nitrogen and oxygen atoms in total. The summed E-state index contributed by atoms with van der Waals surface area (Å²) in [4.78, 5) is 16.5. The molecule has 0 spiro atoms. The van der Waals surface area contributed by atoms with Crippen molar-refractivity contribution >= 4 is 33.1 Å². The van der Waals surface area contributed by atoms with Gasteiger partial charge >= 0.3 is 0 Å². The first-order valence-electron chi connectivity index (χ1n) is 7.15. The van der Waals surface area contributed by atoms with Gasteiger partial charge in [-0.1, -0.05) is 0 Å². The standard InChI is InChI=1S/C17H14N4OS/c1-20-14-6-9-23-16(14)10-15(20)17(22)19-12-2-4-13(5-3-12)21-8-7-18-11-21/h2-11H,1H3,(H,19,22). The van der Waals surface area contributed by atoms with Gasteiger partial charge in [-0.3, -0.25) is 4.79 Å². The van der Waals surface area contributed by atoms with E-state index in [0.717, 1.165) is 21.6 Å². The van der Waals surface area contributed by atoms with Gasteiger partial charge in [0.25, 0.3) is 5.91 Å². The van der Waals surface area contributed by atoms with E-state index in [4.69, 9.17) is 0 Å². The van der Waals surface area contributed by atoms with Gasteiger partial charge in [-0.2, -0.15) is 0 Å². The molecular weight excluding hydrogens is 308 g/mol. The highest BCUT2D eigenvalue weighted by molar-refractivity contribution is 7.17. The number of aromatic nitrogens is 3. The molecule has 1 aromatic carbocycles. The predicted molar refractivity (Wildman–Crippen MR) is 92.3 cm³/mol. The first kappa shape index (κ1) is 13.8. The molecule has 0 atom stereocenters. The van der Waals surface area contributed by atoms with E-state index >= 15 is 0 Å². The summed E-state index contributed by atoms with van der Waals surface area (Å²) in [5, 5.41) is 4.97. The van der Waals surface area contributed by atoms with Gasteiger partial charge in [-0.05, 0) is 41.8 Å². The van der Waals surface area contributed by atoms with Crippen LogP contribution in [-0.4, -0.2) is 20.0 Å². The lowest BCUT2D eigenvalue weighted by molar-refractivity contribution is 0.102. The zero-order valence-corrected chi connectivity index (χ0v) is 13.2. The minimum absolute atomic E-state index is 0.105. The third-order valence-corrected chi connectivity index (χ3v) is 4.68. The van der Waals surface area contributed by atoms with Crippen molar-refractivity contribution in [3.05, 3.63) is 66.2 Å². The third-order valence-electron chi connectivity index (χ3n) is 3.82. The van der Waals surface area contributed by atoms with E-state index in [0.29, 0.717) is 5.69 Å². The fourth-order valence-electron chi connectivity index (χ4n) is 2.59. The topological polar surface area (TPSA) is 51.9 Å². The van der Waals surface area contributed by atoms with Gasteiger partial charge in [-0.25, -0.2) is 4.98 Å². The number of amides is 1. The highest BCUT2D eigenvalue weighted by Gasteiger charge is 2.14. The number of fused-ring (bicyclic) bond motifs is 1. The van der Waals surface area contributed by atoms with Gasteiger partial charge in [0.1, 0.15) is 5.69 Å². The number of hydrogen-bond donors (Lipinski definition) is 1. The second-order valence-electron chi connectivity index (χ2n) is 5.23. The van der Waals surface area contributed by atoms with Crippen molar-refractivity contribution in [1.82, 2.24) is 14.1 Å².